The minimum atomic E-state index is -0.290. The maximum absolute atomic E-state index is 11.9. The minimum Gasteiger partial charge on any atom is -0.457 e. The molecule has 1 saturated carbocycles. The van der Waals surface area contributed by atoms with Crippen molar-refractivity contribution < 1.29 is 9.53 Å². The van der Waals surface area contributed by atoms with Crippen molar-refractivity contribution in [2.45, 2.75) is 44.8 Å². The van der Waals surface area contributed by atoms with Crippen molar-refractivity contribution in [2.24, 2.45) is 0 Å². The Morgan fingerprint density at radius 2 is 1.87 bits per heavy atom. The van der Waals surface area contributed by atoms with Crippen LogP contribution >= 0.6 is 0 Å². The summed E-state index contributed by atoms with van der Waals surface area (Å²) >= 11 is 0. The van der Waals surface area contributed by atoms with Gasteiger partial charge < -0.3 is 10.1 Å². The lowest BCUT2D eigenvalue weighted by Crippen LogP contribution is -2.39. The molecule has 0 aromatic heterocycles. The molecule has 0 radical (unpaired) electrons. The van der Waals surface area contributed by atoms with Gasteiger partial charge >= 0.3 is 5.97 Å². The van der Waals surface area contributed by atoms with Gasteiger partial charge in [-0.15, -0.1) is 0 Å². The summed E-state index contributed by atoms with van der Waals surface area (Å²) in [7, 11) is 0. The normalized spacial score (nSPS) is 20.9. The van der Waals surface area contributed by atoms with E-state index in [-0.39, 0.29) is 18.1 Å². The van der Waals surface area contributed by atoms with E-state index in [9.17, 15) is 4.79 Å². The molecule has 0 amide bonds. The number of hydrogen-bond acceptors (Lipinski definition) is 3. The van der Waals surface area contributed by atoms with E-state index in [0.29, 0.717) is 5.57 Å². The molecule has 0 heterocycles. The summed E-state index contributed by atoms with van der Waals surface area (Å²) in [5, 5.41) is 6.02. The first-order valence-electron chi connectivity index (χ1n) is 8.26. The van der Waals surface area contributed by atoms with Crippen LogP contribution in [0.5, 0.6) is 0 Å². The maximum Gasteiger partial charge on any atom is 0.333 e. The van der Waals surface area contributed by atoms with E-state index in [0.717, 1.165) is 31.4 Å². The Hall–Kier alpha value is -2.29. The standard InChI is InChI=1S/C20H23NO2/c1-14(2)20(22)23-19-13-6-5-11-18(19)21-17-12-7-9-15-8-3-4-10-16(15)17/h3-4,7-10,12,18-19,21H,1,5-6,11,13H2,2H3. The van der Waals surface area contributed by atoms with Gasteiger partial charge in [0.2, 0.25) is 0 Å². The molecule has 2 aromatic rings. The van der Waals surface area contributed by atoms with E-state index < -0.39 is 0 Å². The molecule has 3 heteroatoms. The minimum absolute atomic E-state index is 0.0908. The molecule has 23 heavy (non-hydrogen) atoms. The molecule has 0 spiro atoms. The van der Waals surface area contributed by atoms with Crippen LogP contribution in [0.4, 0.5) is 5.69 Å². The number of esters is 1. The fourth-order valence-electron chi connectivity index (χ4n) is 3.19. The van der Waals surface area contributed by atoms with Crippen molar-refractivity contribution in [3.63, 3.8) is 0 Å². The number of carbonyl (C=O) groups is 1. The average Bonchev–Trinajstić information content (AvgIpc) is 2.57. The highest BCUT2D eigenvalue weighted by atomic mass is 16.5. The van der Waals surface area contributed by atoms with Gasteiger partial charge in [-0.25, -0.2) is 4.79 Å². The number of fused-ring (bicyclic) bond motifs is 1. The molecule has 0 bridgehead atoms. The molecular weight excluding hydrogens is 286 g/mol. The van der Waals surface area contributed by atoms with E-state index in [2.05, 4.69) is 42.2 Å². The van der Waals surface area contributed by atoms with Gasteiger partial charge in [-0.1, -0.05) is 49.4 Å². The lowest BCUT2D eigenvalue weighted by atomic mass is 9.91. The van der Waals surface area contributed by atoms with E-state index in [1.807, 2.05) is 12.1 Å². The first kappa shape index (κ1) is 15.6. The molecule has 1 fully saturated rings. The highest BCUT2D eigenvalue weighted by molar-refractivity contribution is 5.94. The Balaban J connectivity index is 1.81. The third-order valence-corrected chi connectivity index (χ3v) is 4.44. The van der Waals surface area contributed by atoms with Gasteiger partial charge in [0.25, 0.3) is 0 Å². The van der Waals surface area contributed by atoms with Gasteiger partial charge in [-0.05, 0) is 37.6 Å². The van der Waals surface area contributed by atoms with E-state index in [4.69, 9.17) is 4.74 Å². The SMILES string of the molecule is C=C(C)C(=O)OC1CCCCC1Nc1cccc2ccccc12. The molecule has 1 N–H and O–H groups in total. The van der Waals surface area contributed by atoms with Crippen molar-refractivity contribution in [2.75, 3.05) is 5.32 Å². The first-order chi connectivity index (χ1) is 11.1. The summed E-state index contributed by atoms with van der Waals surface area (Å²) in [5.74, 6) is -0.290. The van der Waals surface area contributed by atoms with Gasteiger partial charge in [-0.2, -0.15) is 0 Å². The van der Waals surface area contributed by atoms with Crippen molar-refractivity contribution in [1.82, 2.24) is 0 Å². The smallest absolute Gasteiger partial charge is 0.333 e. The molecule has 1 aliphatic rings. The molecule has 0 saturated heterocycles. The largest absolute Gasteiger partial charge is 0.457 e. The molecule has 1 aliphatic carbocycles. The van der Waals surface area contributed by atoms with Crippen molar-refractivity contribution in [3.05, 3.63) is 54.6 Å². The van der Waals surface area contributed by atoms with Crippen LogP contribution in [0.1, 0.15) is 32.6 Å². The third kappa shape index (κ3) is 3.55. The topological polar surface area (TPSA) is 38.3 Å². The van der Waals surface area contributed by atoms with Gasteiger partial charge in [-0.3, -0.25) is 0 Å². The monoisotopic (exact) mass is 309 g/mol. The van der Waals surface area contributed by atoms with Crippen LogP contribution in [-0.4, -0.2) is 18.1 Å². The quantitative estimate of drug-likeness (QED) is 0.658. The molecule has 0 aliphatic heterocycles. The highest BCUT2D eigenvalue weighted by Crippen LogP contribution is 2.29. The third-order valence-electron chi connectivity index (χ3n) is 4.44. The summed E-state index contributed by atoms with van der Waals surface area (Å²) in [6, 6.07) is 14.7. The highest BCUT2D eigenvalue weighted by Gasteiger charge is 2.28. The number of carbonyl (C=O) groups excluding carboxylic acids is 1. The molecule has 2 unspecified atom stereocenters. The Bertz CT molecular complexity index is 717. The Morgan fingerprint density at radius 1 is 1.13 bits per heavy atom. The second-order valence-electron chi connectivity index (χ2n) is 6.29. The summed E-state index contributed by atoms with van der Waals surface area (Å²) in [6.07, 6.45) is 4.08. The van der Waals surface area contributed by atoms with E-state index >= 15 is 0 Å². The second-order valence-corrected chi connectivity index (χ2v) is 6.29. The number of benzene rings is 2. The lowest BCUT2D eigenvalue weighted by Gasteiger charge is -2.32. The summed E-state index contributed by atoms with van der Waals surface area (Å²) in [4.78, 5) is 11.9. The Labute approximate surface area is 137 Å². The zero-order valence-corrected chi connectivity index (χ0v) is 13.5. The first-order valence-corrected chi connectivity index (χ1v) is 8.26. The van der Waals surface area contributed by atoms with Crippen LogP contribution in [0.2, 0.25) is 0 Å². The number of ether oxygens (including phenoxy) is 1. The predicted molar refractivity (Wildman–Crippen MR) is 94.5 cm³/mol. The summed E-state index contributed by atoms with van der Waals surface area (Å²) < 4.78 is 5.65. The van der Waals surface area contributed by atoms with Crippen LogP contribution in [0.25, 0.3) is 10.8 Å². The Morgan fingerprint density at radius 3 is 2.70 bits per heavy atom. The second kappa shape index (κ2) is 6.86. The van der Waals surface area contributed by atoms with Crippen molar-refractivity contribution in [3.8, 4) is 0 Å². The van der Waals surface area contributed by atoms with E-state index in [1.54, 1.807) is 6.92 Å². The van der Waals surface area contributed by atoms with Gasteiger partial charge in [0.15, 0.2) is 0 Å². The van der Waals surface area contributed by atoms with Crippen LogP contribution in [0.3, 0.4) is 0 Å². The molecular formula is C20H23NO2. The van der Waals surface area contributed by atoms with Gasteiger partial charge in [0.1, 0.15) is 6.10 Å². The predicted octanol–water partition coefficient (Wildman–Crippen LogP) is 4.68. The Kier molecular flexibility index (Phi) is 4.65. The maximum atomic E-state index is 11.9. The molecule has 3 nitrogen and oxygen atoms in total. The summed E-state index contributed by atoms with van der Waals surface area (Å²) in [6.45, 7) is 5.37. The molecule has 3 rings (SSSR count). The van der Waals surface area contributed by atoms with Gasteiger partial charge in [0, 0.05) is 16.6 Å². The number of hydrogen-bond donors (Lipinski definition) is 1. The lowest BCUT2D eigenvalue weighted by molar-refractivity contribution is -0.146. The molecule has 2 atom stereocenters. The zero-order valence-electron chi connectivity index (χ0n) is 13.5. The number of anilines is 1. The summed E-state index contributed by atoms with van der Waals surface area (Å²) in [5.41, 5.74) is 1.56. The number of nitrogens with one attached hydrogen (secondary N) is 1. The van der Waals surface area contributed by atoms with Crippen LogP contribution in [0.15, 0.2) is 54.6 Å². The van der Waals surface area contributed by atoms with Crippen LogP contribution < -0.4 is 5.32 Å². The fraction of sp³-hybridized carbons (Fsp3) is 0.350. The van der Waals surface area contributed by atoms with Gasteiger partial charge in [0.05, 0.1) is 6.04 Å². The zero-order chi connectivity index (χ0) is 16.2. The van der Waals surface area contributed by atoms with Crippen molar-refractivity contribution in [1.29, 1.82) is 0 Å². The van der Waals surface area contributed by atoms with E-state index in [1.165, 1.54) is 10.8 Å². The molecule has 2 aromatic carbocycles. The average molecular weight is 309 g/mol. The fourth-order valence-corrected chi connectivity index (χ4v) is 3.19. The van der Waals surface area contributed by atoms with Crippen LogP contribution in [-0.2, 0) is 9.53 Å². The van der Waals surface area contributed by atoms with Crippen molar-refractivity contribution >= 4 is 22.4 Å². The molecule has 120 valence electrons. The van der Waals surface area contributed by atoms with Crippen LogP contribution in [0, 0.1) is 0 Å². The number of rotatable bonds is 4.